The minimum Gasteiger partial charge on any atom is -0.457 e. The molecule has 12 nitrogen and oxygen atoms in total. The molecule has 0 aromatic rings. The van der Waals surface area contributed by atoms with Crippen molar-refractivity contribution >= 4 is 16.4 Å². The summed E-state index contributed by atoms with van der Waals surface area (Å²) in [6, 6.07) is 0. The Bertz CT molecular complexity index is 1800. The molecule has 0 amide bonds. The fourth-order valence-electron chi connectivity index (χ4n) is 7.04. The number of aliphatic hydroxyl groups is 3. The van der Waals surface area contributed by atoms with Crippen molar-refractivity contribution in [1.29, 1.82) is 0 Å². The third kappa shape index (κ3) is 40.5. The number of hydrogen-bond donors (Lipinski definition) is 4. The van der Waals surface area contributed by atoms with Crippen molar-refractivity contribution in [3.8, 4) is 0 Å². The molecule has 6 atom stereocenters. The number of rotatable bonds is 44. The van der Waals surface area contributed by atoms with Crippen molar-refractivity contribution in [2.75, 3.05) is 26.4 Å². The number of aliphatic hydroxyl groups excluding tert-OH is 3. The zero-order chi connectivity index (χ0) is 52.4. The largest absolute Gasteiger partial charge is 0.457 e. The van der Waals surface area contributed by atoms with Gasteiger partial charge in [-0.2, -0.15) is 8.42 Å². The van der Waals surface area contributed by atoms with E-state index in [0.29, 0.717) is 13.0 Å². The number of hydrogen-bond acceptors (Lipinski definition) is 11. The molecule has 1 heterocycles. The Labute approximate surface area is 435 Å². The zero-order valence-electron chi connectivity index (χ0n) is 43.7. The molecule has 1 rings (SSSR count). The molecular weight excluding hydrogens is 933 g/mol. The molecule has 0 spiro atoms. The van der Waals surface area contributed by atoms with E-state index in [9.17, 15) is 33.1 Å². The molecular formula is C59H92O12S. The van der Waals surface area contributed by atoms with Crippen LogP contribution in [0.2, 0.25) is 0 Å². The Morgan fingerprint density at radius 3 is 1.33 bits per heavy atom. The lowest BCUT2D eigenvalue weighted by atomic mass is 9.99. The van der Waals surface area contributed by atoms with Crippen molar-refractivity contribution in [3.63, 3.8) is 0 Å². The van der Waals surface area contributed by atoms with Gasteiger partial charge >= 0.3 is 16.4 Å². The van der Waals surface area contributed by atoms with Crippen LogP contribution >= 0.6 is 0 Å². The van der Waals surface area contributed by atoms with Crippen molar-refractivity contribution in [1.82, 2.24) is 0 Å². The van der Waals surface area contributed by atoms with Gasteiger partial charge in [-0.15, -0.1) is 0 Å². The normalized spacial score (nSPS) is 20.1. The first-order chi connectivity index (χ1) is 35.1. The minimum atomic E-state index is -5.09. The number of esters is 1. The first kappa shape index (κ1) is 66.0. The van der Waals surface area contributed by atoms with Crippen LogP contribution in [-0.2, 0) is 38.3 Å². The number of carbonyl (C=O) groups is 1. The van der Waals surface area contributed by atoms with E-state index >= 15 is 0 Å². The molecule has 0 saturated carbocycles. The molecule has 13 heteroatoms. The Balaban J connectivity index is 2.42. The molecule has 1 saturated heterocycles. The highest BCUT2D eigenvalue weighted by Gasteiger charge is 2.48. The van der Waals surface area contributed by atoms with Crippen LogP contribution in [0.4, 0.5) is 0 Å². The molecule has 0 bridgehead atoms. The number of ether oxygens (including phenoxy) is 4. The van der Waals surface area contributed by atoms with Gasteiger partial charge in [0.1, 0.15) is 30.5 Å². The lowest BCUT2D eigenvalue weighted by Gasteiger charge is -2.41. The average Bonchev–Trinajstić information content (AvgIpc) is 3.36. The summed E-state index contributed by atoms with van der Waals surface area (Å²) < 4.78 is 59.2. The molecule has 4 N–H and O–H groups in total. The zero-order valence-corrected chi connectivity index (χ0v) is 44.5. The Morgan fingerprint density at radius 1 is 0.528 bits per heavy atom. The van der Waals surface area contributed by atoms with E-state index in [0.717, 1.165) is 128 Å². The van der Waals surface area contributed by atoms with E-state index in [-0.39, 0.29) is 19.6 Å². The standard InChI is InChI=1S/C59H92O12S/c1-3-5-7-9-11-13-15-17-19-21-23-25-26-27-28-29-30-32-34-36-38-40-42-44-46-48-55(61)69-53(52-68-59-57(63)58(71-72(64,65)66)56(62)54(50-60)70-59)51-67-49-47-45-43-41-39-37-35-33-31-24-22-20-18-16-14-12-10-8-6-4-2/h5-8,11-14,17-20,23-25,27-28,30-32,35,37,41,43,53-54,56-60,62-63H,3-4,9-10,15-16,21-22,26,29,33-34,36,38-40,42,44-52H2,1-2H3,(H,64,65,66)/b7-5-,8-6-,13-11-,14-12-,19-17-,20-18-,25-23-,28-27-,31-24-,32-30-,37-35-,43-41-. The van der Waals surface area contributed by atoms with E-state index in [1.165, 1.54) is 0 Å². The van der Waals surface area contributed by atoms with Gasteiger partial charge in [0.25, 0.3) is 0 Å². The first-order valence-electron chi connectivity index (χ1n) is 26.6. The summed E-state index contributed by atoms with van der Waals surface area (Å²) in [6.45, 7) is 3.56. The van der Waals surface area contributed by atoms with Crippen LogP contribution in [0.25, 0.3) is 0 Å². The van der Waals surface area contributed by atoms with Gasteiger partial charge in [-0.1, -0.05) is 185 Å². The van der Waals surface area contributed by atoms with Crippen LogP contribution in [0, 0.1) is 0 Å². The van der Waals surface area contributed by atoms with Gasteiger partial charge in [-0.05, 0) is 109 Å². The van der Waals surface area contributed by atoms with E-state index < -0.39 is 59.8 Å². The number of unbranched alkanes of at least 4 members (excludes halogenated alkanes) is 7. The van der Waals surface area contributed by atoms with Crippen molar-refractivity contribution in [2.45, 2.75) is 192 Å². The fraction of sp³-hybridized carbons (Fsp3) is 0.576. The molecule has 1 aliphatic rings. The van der Waals surface area contributed by atoms with Crippen LogP contribution in [0.5, 0.6) is 0 Å². The quantitative estimate of drug-likeness (QED) is 0.0197. The van der Waals surface area contributed by atoms with Gasteiger partial charge in [-0.3, -0.25) is 9.35 Å². The molecule has 0 aromatic carbocycles. The molecule has 1 aliphatic heterocycles. The topological polar surface area (TPSA) is 178 Å². The average molecular weight is 1030 g/mol. The van der Waals surface area contributed by atoms with E-state index in [2.05, 4.69) is 164 Å². The summed E-state index contributed by atoms with van der Waals surface area (Å²) in [7, 11) is -5.09. The van der Waals surface area contributed by atoms with Gasteiger partial charge in [0, 0.05) is 13.0 Å². The van der Waals surface area contributed by atoms with Crippen molar-refractivity contribution in [3.05, 3.63) is 146 Å². The molecule has 406 valence electrons. The highest BCUT2D eigenvalue weighted by atomic mass is 32.3. The lowest BCUT2D eigenvalue weighted by molar-refractivity contribution is -0.301. The second-order valence-corrected chi connectivity index (χ2v) is 18.4. The second kappa shape index (κ2) is 48.0. The highest BCUT2D eigenvalue weighted by molar-refractivity contribution is 7.80. The monoisotopic (exact) mass is 1020 g/mol. The van der Waals surface area contributed by atoms with Crippen LogP contribution in [-0.4, -0.2) is 97.5 Å². The van der Waals surface area contributed by atoms with E-state index in [4.69, 9.17) is 18.9 Å². The first-order valence-corrected chi connectivity index (χ1v) is 28.0. The van der Waals surface area contributed by atoms with Gasteiger partial charge in [-0.25, -0.2) is 4.18 Å². The van der Waals surface area contributed by atoms with Gasteiger partial charge in [0.2, 0.25) is 0 Å². The summed E-state index contributed by atoms with van der Waals surface area (Å²) in [6.07, 6.45) is 63.1. The molecule has 6 unspecified atom stereocenters. The Hall–Kier alpha value is -4.02. The SMILES string of the molecule is CC/C=C\C/C=C\C/C=C\C/C=C\C/C=C\C/C=C\CCCCCCCCC(=O)OC(COCCC/C=C\C/C=C\C/C=C\C/C=C\C/C=C\C/C=C\CC)COC1OC(CO)C(O)C(OS(=O)(=O)O)C1O. The lowest BCUT2D eigenvalue weighted by Crippen LogP contribution is -2.60. The maximum absolute atomic E-state index is 12.9. The van der Waals surface area contributed by atoms with Crippen LogP contribution < -0.4 is 0 Å². The molecule has 1 fully saturated rings. The molecule has 0 aliphatic carbocycles. The fourth-order valence-corrected chi connectivity index (χ4v) is 7.55. The molecule has 72 heavy (non-hydrogen) atoms. The maximum atomic E-state index is 12.9. The van der Waals surface area contributed by atoms with E-state index in [1.807, 2.05) is 0 Å². The smallest absolute Gasteiger partial charge is 0.397 e. The summed E-state index contributed by atoms with van der Waals surface area (Å²) in [5.74, 6) is -0.441. The second-order valence-electron chi connectivity index (χ2n) is 17.3. The number of carbonyl (C=O) groups excluding carboxylic acids is 1. The summed E-state index contributed by atoms with van der Waals surface area (Å²) in [5, 5.41) is 30.8. The highest BCUT2D eigenvalue weighted by Crippen LogP contribution is 2.26. The van der Waals surface area contributed by atoms with Crippen LogP contribution in [0.3, 0.4) is 0 Å². The summed E-state index contributed by atoms with van der Waals surface area (Å²) >= 11 is 0. The minimum absolute atomic E-state index is 0.0218. The van der Waals surface area contributed by atoms with Gasteiger partial charge < -0.3 is 34.3 Å². The van der Waals surface area contributed by atoms with Crippen molar-refractivity contribution in [2.24, 2.45) is 0 Å². The predicted octanol–water partition coefficient (Wildman–Crippen LogP) is 12.9. The van der Waals surface area contributed by atoms with Gasteiger partial charge in [0.05, 0.1) is 19.8 Å². The third-order valence-electron chi connectivity index (χ3n) is 11.0. The molecule has 0 aromatic heterocycles. The summed E-state index contributed by atoms with van der Waals surface area (Å²) in [5.41, 5.74) is 0. The van der Waals surface area contributed by atoms with Crippen LogP contribution in [0.15, 0.2) is 146 Å². The van der Waals surface area contributed by atoms with Gasteiger partial charge in [0.15, 0.2) is 6.29 Å². The Kier molecular flexibility index (Phi) is 44.0. The maximum Gasteiger partial charge on any atom is 0.397 e. The summed E-state index contributed by atoms with van der Waals surface area (Å²) in [4.78, 5) is 12.9. The Morgan fingerprint density at radius 2 is 0.917 bits per heavy atom. The molecule has 0 radical (unpaired) electrons. The van der Waals surface area contributed by atoms with E-state index in [1.54, 1.807) is 0 Å². The number of allylic oxidation sites excluding steroid dienone is 24. The van der Waals surface area contributed by atoms with Crippen LogP contribution in [0.1, 0.15) is 155 Å². The van der Waals surface area contributed by atoms with Crippen molar-refractivity contribution < 1.29 is 56.2 Å². The third-order valence-corrected chi connectivity index (χ3v) is 11.4. The predicted molar refractivity (Wildman–Crippen MR) is 293 cm³/mol.